The monoisotopic (exact) mass is 516 g/mol. The van der Waals surface area contributed by atoms with Crippen LogP contribution in [0.4, 0.5) is 0 Å². The smallest absolute Gasteiger partial charge is 0.294 e. The Morgan fingerprint density at radius 2 is 1.75 bits per heavy atom. The van der Waals surface area contributed by atoms with Gasteiger partial charge in [-0.15, -0.1) is 0 Å². The van der Waals surface area contributed by atoms with E-state index in [1.165, 1.54) is 18.3 Å². The Kier molecular flexibility index (Phi) is 8.63. The molecule has 1 N–H and O–H groups in total. The lowest BCUT2D eigenvalue weighted by molar-refractivity contribution is 0.0352. The Morgan fingerprint density at radius 1 is 1.11 bits per heavy atom. The van der Waals surface area contributed by atoms with Crippen molar-refractivity contribution in [3.05, 3.63) is 52.2 Å². The van der Waals surface area contributed by atoms with Gasteiger partial charge in [0.2, 0.25) is 5.82 Å². The SMILES string of the molecule is CC(C)(C)Cn1c2nc(C#N)ncc2c(=O)n1CCN1CCOCC1.Cc1ccc(S(=O)(=O)O)cc1. The fourth-order valence-electron chi connectivity index (χ4n) is 3.74. The second kappa shape index (κ2) is 11.3. The molecule has 2 aromatic heterocycles. The lowest BCUT2D eigenvalue weighted by Crippen LogP contribution is -2.40. The summed E-state index contributed by atoms with van der Waals surface area (Å²) in [4.78, 5) is 23.3. The molecular weight excluding hydrogens is 484 g/mol. The lowest BCUT2D eigenvalue weighted by Gasteiger charge is -2.27. The van der Waals surface area contributed by atoms with Gasteiger partial charge in [0.05, 0.1) is 24.7 Å². The fraction of sp³-hybridized carbons (Fsp3) is 0.500. The van der Waals surface area contributed by atoms with Crippen molar-refractivity contribution in [1.29, 1.82) is 5.26 Å². The van der Waals surface area contributed by atoms with Crippen LogP contribution in [-0.2, 0) is 27.9 Å². The summed E-state index contributed by atoms with van der Waals surface area (Å²) >= 11 is 0. The molecule has 12 heteroatoms. The van der Waals surface area contributed by atoms with Crippen LogP contribution in [0.2, 0.25) is 0 Å². The molecule has 0 atom stereocenters. The minimum absolute atomic E-state index is 0.0309. The molecule has 3 heterocycles. The molecule has 0 spiro atoms. The van der Waals surface area contributed by atoms with Gasteiger partial charge in [0.1, 0.15) is 11.5 Å². The average Bonchev–Trinajstić information content (AvgIpc) is 3.07. The Hall–Kier alpha value is -3.11. The van der Waals surface area contributed by atoms with Gasteiger partial charge in [-0.25, -0.2) is 9.67 Å². The minimum Gasteiger partial charge on any atom is -0.379 e. The summed E-state index contributed by atoms with van der Waals surface area (Å²) in [5, 5.41) is 9.55. The maximum Gasteiger partial charge on any atom is 0.294 e. The molecule has 1 saturated heterocycles. The van der Waals surface area contributed by atoms with Gasteiger partial charge >= 0.3 is 0 Å². The number of nitriles is 1. The van der Waals surface area contributed by atoms with Crippen LogP contribution in [-0.4, -0.2) is 70.1 Å². The summed E-state index contributed by atoms with van der Waals surface area (Å²) in [6, 6.07) is 7.94. The van der Waals surface area contributed by atoms with Gasteiger partial charge in [0, 0.05) is 32.4 Å². The van der Waals surface area contributed by atoms with Gasteiger partial charge in [-0.1, -0.05) is 38.5 Å². The predicted octanol–water partition coefficient (Wildman–Crippen LogP) is 2.08. The van der Waals surface area contributed by atoms with Gasteiger partial charge < -0.3 is 4.74 Å². The molecule has 1 aromatic carbocycles. The van der Waals surface area contributed by atoms with E-state index in [0.717, 1.165) is 38.4 Å². The van der Waals surface area contributed by atoms with Crippen LogP contribution in [0, 0.1) is 23.7 Å². The third kappa shape index (κ3) is 7.20. The average molecular weight is 517 g/mol. The van der Waals surface area contributed by atoms with E-state index in [4.69, 9.17) is 14.6 Å². The summed E-state index contributed by atoms with van der Waals surface area (Å²) in [5.41, 5.74) is 1.36. The quantitative estimate of drug-likeness (QED) is 0.504. The minimum atomic E-state index is -4.02. The summed E-state index contributed by atoms with van der Waals surface area (Å²) < 4.78 is 38.6. The molecular formula is C24H32N6O5S. The Labute approximate surface area is 210 Å². The zero-order valence-electron chi connectivity index (χ0n) is 21.0. The first-order valence-corrected chi connectivity index (χ1v) is 13.0. The molecule has 4 rings (SSSR count). The summed E-state index contributed by atoms with van der Waals surface area (Å²) in [5.74, 6) is 0.0838. The van der Waals surface area contributed by atoms with Crippen molar-refractivity contribution in [2.75, 3.05) is 32.8 Å². The van der Waals surface area contributed by atoms with Crippen LogP contribution in [0.25, 0.3) is 11.0 Å². The lowest BCUT2D eigenvalue weighted by atomic mass is 9.97. The fourth-order valence-corrected chi connectivity index (χ4v) is 4.22. The van der Waals surface area contributed by atoms with Crippen LogP contribution in [0.3, 0.4) is 0 Å². The van der Waals surface area contributed by atoms with Crippen LogP contribution in [0.5, 0.6) is 0 Å². The number of morpholine rings is 1. The van der Waals surface area contributed by atoms with Crippen molar-refractivity contribution >= 4 is 21.2 Å². The number of nitrogens with zero attached hydrogens (tertiary/aromatic N) is 6. The van der Waals surface area contributed by atoms with Crippen LogP contribution in [0.15, 0.2) is 40.2 Å². The standard InChI is InChI=1S/C17H24N6O2.C7H8O3S/c1-17(2,3)12-23-15-13(11-19-14(10-18)20-15)16(24)22(23)5-4-21-6-8-25-9-7-21;1-6-2-4-7(5-3-6)11(8,9)10/h11H,4-9,12H2,1-3H3;2-5H,1H3,(H,8,9,10). The van der Waals surface area contributed by atoms with Crippen LogP contribution < -0.4 is 5.56 Å². The number of benzene rings is 1. The largest absolute Gasteiger partial charge is 0.379 e. The van der Waals surface area contributed by atoms with Gasteiger partial charge in [-0.05, 0) is 24.5 Å². The molecule has 194 valence electrons. The molecule has 1 aliphatic heterocycles. The second-order valence-corrected chi connectivity index (χ2v) is 11.3. The summed E-state index contributed by atoms with van der Waals surface area (Å²) in [7, 11) is -4.02. The predicted molar refractivity (Wildman–Crippen MR) is 134 cm³/mol. The van der Waals surface area contributed by atoms with E-state index >= 15 is 0 Å². The molecule has 0 amide bonds. The Bertz CT molecular complexity index is 1390. The van der Waals surface area contributed by atoms with E-state index in [1.54, 1.807) is 16.8 Å². The van der Waals surface area contributed by atoms with Gasteiger partial charge in [0.25, 0.3) is 15.7 Å². The Morgan fingerprint density at radius 3 is 2.31 bits per heavy atom. The van der Waals surface area contributed by atoms with Crippen molar-refractivity contribution in [1.82, 2.24) is 24.2 Å². The van der Waals surface area contributed by atoms with E-state index < -0.39 is 10.1 Å². The number of ether oxygens (including phenoxy) is 1. The zero-order valence-corrected chi connectivity index (χ0v) is 21.8. The maximum absolute atomic E-state index is 12.8. The highest BCUT2D eigenvalue weighted by Gasteiger charge is 2.21. The number of hydrogen-bond acceptors (Lipinski definition) is 8. The highest BCUT2D eigenvalue weighted by atomic mass is 32.2. The molecule has 1 fully saturated rings. The van der Waals surface area contributed by atoms with E-state index in [-0.39, 0.29) is 21.7 Å². The van der Waals surface area contributed by atoms with Gasteiger partial charge in [-0.2, -0.15) is 18.7 Å². The zero-order chi connectivity index (χ0) is 26.5. The first kappa shape index (κ1) is 27.5. The van der Waals surface area contributed by atoms with E-state index in [9.17, 15) is 13.2 Å². The van der Waals surface area contributed by atoms with Crippen LogP contribution in [0.1, 0.15) is 32.2 Å². The first-order valence-electron chi connectivity index (χ1n) is 11.6. The molecule has 0 aliphatic carbocycles. The molecule has 3 aromatic rings. The molecule has 11 nitrogen and oxygen atoms in total. The van der Waals surface area contributed by atoms with Crippen molar-refractivity contribution < 1.29 is 17.7 Å². The third-order valence-corrected chi connectivity index (χ3v) is 6.41. The topological polar surface area (TPSA) is 143 Å². The Balaban J connectivity index is 0.000000275. The number of aromatic nitrogens is 4. The van der Waals surface area contributed by atoms with Crippen molar-refractivity contribution in [2.45, 2.75) is 45.7 Å². The molecule has 36 heavy (non-hydrogen) atoms. The second-order valence-electron chi connectivity index (χ2n) is 9.83. The molecule has 1 aliphatic rings. The number of hydrogen-bond donors (Lipinski definition) is 1. The summed E-state index contributed by atoms with van der Waals surface area (Å²) in [6.45, 7) is 13.4. The molecule has 0 bridgehead atoms. The number of rotatable bonds is 5. The molecule has 0 radical (unpaired) electrons. The third-order valence-electron chi connectivity index (χ3n) is 5.54. The van der Waals surface area contributed by atoms with E-state index in [0.29, 0.717) is 24.1 Å². The van der Waals surface area contributed by atoms with Crippen molar-refractivity contribution in [2.24, 2.45) is 5.41 Å². The summed E-state index contributed by atoms with van der Waals surface area (Å²) in [6.07, 6.45) is 1.47. The highest BCUT2D eigenvalue weighted by Crippen LogP contribution is 2.19. The van der Waals surface area contributed by atoms with Gasteiger partial charge in [-0.3, -0.25) is 18.9 Å². The van der Waals surface area contributed by atoms with Crippen LogP contribution >= 0.6 is 0 Å². The van der Waals surface area contributed by atoms with Crippen molar-refractivity contribution in [3.8, 4) is 6.07 Å². The number of fused-ring (bicyclic) bond motifs is 1. The maximum atomic E-state index is 12.8. The number of aryl methyl sites for hydroxylation is 1. The van der Waals surface area contributed by atoms with E-state index in [1.807, 2.05) is 17.7 Å². The molecule has 0 unspecified atom stereocenters. The van der Waals surface area contributed by atoms with Crippen molar-refractivity contribution in [3.63, 3.8) is 0 Å². The van der Waals surface area contributed by atoms with E-state index in [2.05, 4.69) is 35.6 Å². The first-order chi connectivity index (χ1) is 16.9. The molecule has 0 saturated carbocycles. The van der Waals surface area contributed by atoms with Gasteiger partial charge in [0.15, 0.2) is 5.65 Å². The highest BCUT2D eigenvalue weighted by molar-refractivity contribution is 7.85. The normalized spacial score (nSPS) is 14.8.